The van der Waals surface area contributed by atoms with E-state index in [0.717, 1.165) is 18.0 Å². The van der Waals surface area contributed by atoms with Gasteiger partial charge in [-0.1, -0.05) is 50.4 Å². The van der Waals surface area contributed by atoms with E-state index in [0.29, 0.717) is 24.4 Å². The van der Waals surface area contributed by atoms with Gasteiger partial charge in [0.1, 0.15) is 6.54 Å². The third-order valence-corrected chi connectivity index (χ3v) is 5.19. The zero-order chi connectivity index (χ0) is 16.1. The molecule has 0 saturated heterocycles. The van der Waals surface area contributed by atoms with E-state index in [1.807, 2.05) is 24.3 Å². The standard InChI is InChI=1S/C18H27ClN2O/c1-13-5-4-6-17(14(13)2)20-18(22)12-21(3)11-15-7-9-16(19)10-8-15/h7-10,13-14,17H,4-6,11-12H2,1-3H3,(H,20,22)/p+1/t13-,14+,17+/m0/s1. The summed E-state index contributed by atoms with van der Waals surface area (Å²) in [7, 11) is 2.06. The zero-order valence-electron chi connectivity index (χ0n) is 13.9. The number of carbonyl (C=O) groups excluding carboxylic acids is 1. The molecule has 0 spiro atoms. The van der Waals surface area contributed by atoms with Gasteiger partial charge < -0.3 is 10.2 Å². The van der Waals surface area contributed by atoms with E-state index in [1.165, 1.54) is 23.3 Å². The highest BCUT2D eigenvalue weighted by Crippen LogP contribution is 2.29. The van der Waals surface area contributed by atoms with Gasteiger partial charge >= 0.3 is 0 Å². The molecule has 1 unspecified atom stereocenters. The van der Waals surface area contributed by atoms with E-state index < -0.39 is 0 Å². The molecule has 1 aromatic carbocycles. The fourth-order valence-corrected chi connectivity index (χ4v) is 3.46. The SMILES string of the molecule is C[C@@H]1[C@@H](C)CCC[C@H]1NC(=O)C[NH+](C)Cc1ccc(Cl)cc1. The molecule has 0 aliphatic heterocycles. The topological polar surface area (TPSA) is 33.5 Å². The lowest BCUT2D eigenvalue weighted by atomic mass is 9.78. The molecule has 1 fully saturated rings. The molecule has 2 rings (SSSR count). The maximum Gasteiger partial charge on any atom is 0.275 e. The summed E-state index contributed by atoms with van der Waals surface area (Å²) < 4.78 is 0. The molecule has 1 aromatic rings. The van der Waals surface area contributed by atoms with E-state index in [-0.39, 0.29) is 5.91 Å². The fraction of sp³-hybridized carbons (Fsp3) is 0.611. The van der Waals surface area contributed by atoms with Crippen LogP contribution in [0, 0.1) is 11.8 Å². The number of amides is 1. The molecule has 4 heteroatoms. The molecular weight excluding hydrogens is 296 g/mol. The molecule has 1 saturated carbocycles. The number of halogens is 1. The van der Waals surface area contributed by atoms with Crippen LogP contribution in [0.1, 0.15) is 38.7 Å². The molecule has 1 amide bonds. The van der Waals surface area contributed by atoms with E-state index in [1.54, 1.807) is 0 Å². The molecule has 0 aromatic heterocycles. The molecule has 0 bridgehead atoms. The minimum absolute atomic E-state index is 0.164. The van der Waals surface area contributed by atoms with E-state index in [2.05, 4.69) is 26.2 Å². The summed E-state index contributed by atoms with van der Waals surface area (Å²) >= 11 is 5.90. The van der Waals surface area contributed by atoms with Crippen molar-refractivity contribution in [2.24, 2.45) is 11.8 Å². The number of rotatable bonds is 5. The first-order valence-electron chi connectivity index (χ1n) is 8.31. The number of nitrogens with one attached hydrogen (secondary N) is 2. The summed E-state index contributed by atoms with van der Waals surface area (Å²) in [5.41, 5.74) is 1.20. The summed E-state index contributed by atoms with van der Waals surface area (Å²) in [6.07, 6.45) is 3.63. The van der Waals surface area contributed by atoms with Crippen molar-refractivity contribution in [1.82, 2.24) is 5.32 Å². The third-order valence-electron chi connectivity index (χ3n) is 4.93. The number of likely N-dealkylation sites (N-methyl/N-ethyl adjacent to an activating group) is 1. The number of quaternary nitrogens is 1. The molecule has 4 atom stereocenters. The van der Waals surface area contributed by atoms with Crippen LogP contribution >= 0.6 is 11.6 Å². The van der Waals surface area contributed by atoms with Crippen molar-refractivity contribution < 1.29 is 9.69 Å². The van der Waals surface area contributed by atoms with Crippen LogP contribution in [0.4, 0.5) is 0 Å². The Labute approximate surface area is 139 Å². The largest absolute Gasteiger partial charge is 0.348 e. The third kappa shape index (κ3) is 4.99. The van der Waals surface area contributed by atoms with Crippen LogP contribution in [0.2, 0.25) is 5.02 Å². The summed E-state index contributed by atoms with van der Waals surface area (Å²) in [5.74, 6) is 1.45. The molecule has 0 heterocycles. The second kappa shape index (κ2) is 7.98. The Morgan fingerprint density at radius 1 is 1.27 bits per heavy atom. The minimum atomic E-state index is 0.164. The second-order valence-electron chi connectivity index (χ2n) is 6.88. The molecule has 3 nitrogen and oxygen atoms in total. The van der Waals surface area contributed by atoms with Gasteiger partial charge in [-0.15, -0.1) is 0 Å². The highest BCUT2D eigenvalue weighted by Gasteiger charge is 2.28. The van der Waals surface area contributed by atoms with Crippen molar-refractivity contribution >= 4 is 17.5 Å². The monoisotopic (exact) mass is 323 g/mol. The van der Waals surface area contributed by atoms with Crippen LogP contribution in [-0.2, 0) is 11.3 Å². The lowest BCUT2D eigenvalue weighted by Crippen LogP contribution is -3.09. The van der Waals surface area contributed by atoms with Crippen molar-refractivity contribution in [3.63, 3.8) is 0 Å². The molecular formula is C18H28ClN2O+. The second-order valence-corrected chi connectivity index (χ2v) is 7.31. The van der Waals surface area contributed by atoms with Gasteiger partial charge in [0.05, 0.1) is 7.05 Å². The van der Waals surface area contributed by atoms with Crippen molar-refractivity contribution in [3.8, 4) is 0 Å². The van der Waals surface area contributed by atoms with Gasteiger partial charge in [-0.2, -0.15) is 0 Å². The Bertz CT molecular complexity index is 488. The van der Waals surface area contributed by atoms with Crippen LogP contribution in [0.5, 0.6) is 0 Å². The fourth-order valence-electron chi connectivity index (χ4n) is 3.33. The van der Waals surface area contributed by atoms with Gasteiger partial charge in [-0.05, 0) is 30.4 Å². The van der Waals surface area contributed by atoms with Crippen molar-refractivity contribution in [1.29, 1.82) is 0 Å². The number of hydrogen-bond donors (Lipinski definition) is 2. The Balaban J connectivity index is 1.79. The van der Waals surface area contributed by atoms with E-state index >= 15 is 0 Å². The highest BCUT2D eigenvalue weighted by molar-refractivity contribution is 6.30. The normalized spacial score (nSPS) is 26.5. The lowest BCUT2D eigenvalue weighted by Gasteiger charge is -2.34. The quantitative estimate of drug-likeness (QED) is 0.856. The minimum Gasteiger partial charge on any atom is -0.348 e. The van der Waals surface area contributed by atoms with Crippen LogP contribution < -0.4 is 10.2 Å². The van der Waals surface area contributed by atoms with Crippen LogP contribution in [0.15, 0.2) is 24.3 Å². The first kappa shape index (κ1) is 17.3. The van der Waals surface area contributed by atoms with Gasteiger partial charge in [0, 0.05) is 16.6 Å². The molecule has 22 heavy (non-hydrogen) atoms. The van der Waals surface area contributed by atoms with Crippen LogP contribution in [-0.4, -0.2) is 25.5 Å². The summed E-state index contributed by atoms with van der Waals surface area (Å²) in [5, 5.41) is 3.99. The molecule has 122 valence electrons. The predicted octanol–water partition coefficient (Wildman–Crippen LogP) is 2.30. The van der Waals surface area contributed by atoms with Crippen molar-refractivity contribution in [3.05, 3.63) is 34.9 Å². The first-order valence-corrected chi connectivity index (χ1v) is 8.68. The summed E-state index contributed by atoms with van der Waals surface area (Å²) in [4.78, 5) is 13.5. The van der Waals surface area contributed by atoms with E-state index in [4.69, 9.17) is 11.6 Å². The maximum absolute atomic E-state index is 12.3. The lowest BCUT2D eigenvalue weighted by molar-refractivity contribution is -0.885. The highest BCUT2D eigenvalue weighted by atomic mass is 35.5. The Hall–Kier alpha value is -1.06. The van der Waals surface area contributed by atoms with Gasteiger partial charge in [-0.25, -0.2) is 0 Å². The summed E-state index contributed by atoms with van der Waals surface area (Å²) in [6.45, 7) is 5.90. The van der Waals surface area contributed by atoms with Gasteiger partial charge in [0.15, 0.2) is 6.54 Å². The number of carbonyl (C=O) groups is 1. The number of benzene rings is 1. The average molecular weight is 324 g/mol. The van der Waals surface area contributed by atoms with Crippen LogP contribution in [0.25, 0.3) is 0 Å². The predicted molar refractivity (Wildman–Crippen MR) is 91.0 cm³/mol. The molecule has 1 aliphatic carbocycles. The zero-order valence-corrected chi connectivity index (χ0v) is 14.6. The molecule has 2 N–H and O–H groups in total. The Morgan fingerprint density at radius 3 is 2.64 bits per heavy atom. The van der Waals surface area contributed by atoms with Crippen LogP contribution in [0.3, 0.4) is 0 Å². The van der Waals surface area contributed by atoms with Gasteiger partial charge in [0.2, 0.25) is 0 Å². The molecule has 0 radical (unpaired) electrons. The van der Waals surface area contributed by atoms with Gasteiger partial charge in [-0.3, -0.25) is 4.79 Å². The van der Waals surface area contributed by atoms with Crippen molar-refractivity contribution in [2.45, 2.75) is 45.7 Å². The maximum atomic E-state index is 12.3. The molecule has 1 aliphatic rings. The van der Waals surface area contributed by atoms with Crippen molar-refractivity contribution in [2.75, 3.05) is 13.6 Å². The smallest absolute Gasteiger partial charge is 0.275 e. The first-order chi connectivity index (χ1) is 10.5. The van der Waals surface area contributed by atoms with Gasteiger partial charge in [0.25, 0.3) is 5.91 Å². The average Bonchev–Trinajstić information content (AvgIpc) is 2.46. The van der Waals surface area contributed by atoms with E-state index in [9.17, 15) is 4.79 Å². The Morgan fingerprint density at radius 2 is 1.95 bits per heavy atom. The Kier molecular flexibility index (Phi) is 6.27. The number of hydrogen-bond acceptors (Lipinski definition) is 1. The summed E-state index contributed by atoms with van der Waals surface area (Å²) in [6, 6.07) is 8.19.